The maximum absolute atomic E-state index is 11.5. The highest BCUT2D eigenvalue weighted by atomic mass is 16.3. The van der Waals surface area contributed by atoms with E-state index in [1.165, 1.54) is 26.0 Å². The lowest BCUT2D eigenvalue weighted by Crippen LogP contribution is -1.96. The van der Waals surface area contributed by atoms with E-state index in [-0.39, 0.29) is 45.3 Å². The van der Waals surface area contributed by atoms with Gasteiger partial charge < -0.3 is 20.4 Å². The summed E-state index contributed by atoms with van der Waals surface area (Å²) in [6.45, 7) is 2.49. The Balaban J connectivity index is 2.76. The first kappa shape index (κ1) is 15.4. The van der Waals surface area contributed by atoms with E-state index in [1.54, 1.807) is 0 Å². The van der Waals surface area contributed by atoms with Crippen molar-refractivity contribution < 1.29 is 30.0 Å². The van der Waals surface area contributed by atoms with Crippen molar-refractivity contribution in [3.8, 4) is 34.1 Å². The molecular weight excluding hydrogens is 288 g/mol. The number of carbonyl (C=O) groups excluding carboxylic acids is 2. The SMILES string of the molecule is CC(=O)c1cc(-c2cc(C(C)=O)c(O)cc2O)c(O)cc1O. The molecule has 0 heterocycles. The van der Waals surface area contributed by atoms with Crippen LogP contribution in [0.15, 0.2) is 24.3 Å². The standard InChI is InChI=1S/C16H14O6/c1-7(17)9-3-11(15(21)5-13(9)19)12-4-10(8(2)18)14(20)6-16(12)22/h3-6,19-22H,1-2H3. The molecule has 0 aromatic heterocycles. The minimum Gasteiger partial charge on any atom is -0.507 e. The van der Waals surface area contributed by atoms with Gasteiger partial charge in [-0.2, -0.15) is 0 Å². The smallest absolute Gasteiger partial charge is 0.163 e. The minimum atomic E-state index is -0.427. The van der Waals surface area contributed by atoms with E-state index < -0.39 is 11.6 Å². The first-order valence-electron chi connectivity index (χ1n) is 6.36. The molecule has 0 saturated heterocycles. The molecule has 2 rings (SSSR count). The minimum absolute atomic E-state index is 0.0374. The number of phenols is 4. The predicted octanol–water partition coefficient (Wildman–Crippen LogP) is 2.58. The molecular formula is C16H14O6. The Kier molecular flexibility index (Phi) is 3.77. The van der Waals surface area contributed by atoms with Crippen molar-refractivity contribution in [1.29, 1.82) is 0 Å². The quantitative estimate of drug-likeness (QED) is 0.648. The number of hydrogen-bond donors (Lipinski definition) is 4. The molecule has 0 aliphatic rings. The molecule has 0 radical (unpaired) electrons. The number of hydrogen-bond acceptors (Lipinski definition) is 6. The molecule has 114 valence electrons. The third-order valence-corrected chi connectivity index (χ3v) is 3.28. The zero-order valence-corrected chi connectivity index (χ0v) is 11.9. The number of rotatable bonds is 3. The van der Waals surface area contributed by atoms with Crippen molar-refractivity contribution in [2.45, 2.75) is 13.8 Å². The molecule has 0 spiro atoms. The van der Waals surface area contributed by atoms with Gasteiger partial charge in [0.25, 0.3) is 0 Å². The van der Waals surface area contributed by atoms with Gasteiger partial charge in [0.15, 0.2) is 11.6 Å². The van der Waals surface area contributed by atoms with E-state index in [1.807, 2.05) is 0 Å². The molecule has 0 aliphatic heterocycles. The van der Waals surface area contributed by atoms with Crippen LogP contribution in [0.1, 0.15) is 34.6 Å². The van der Waals surface area contributed by atoms with Gasteiger partial charge in [-0.1, -0.05) is 0 Å². The lowest BCUT2D eigenvalue weighted by atomic mass is 9.96. The van der Waals surface area contributed by atoms with Crippen LogP contribution >= 0.6 is 0 Å². The van der Waals surface area contributed by atoms with Crippen molar-refractivity contribution in [2.24, 2.45) is 0 Å². The summed E-state index contributed by atoms with van der Waals surface area (Å²) in [5, 5.41) is 39.2. The van der Waals surface area contributed by atoms with Crippen molar-refractivity contribution in [1.82, 2.24) is 0 Å². The lowest BCUT2D eigenvalue weighted by Gasteiger charge is -2.12. The van der Waals surface area contributed by atoms with Gasteiger partial charge in [0.2, 0.25) is 0 Å². The Morgan fingerprint density at radius 2 is 0.955 bits per heavy atom. The van der Waals surface area contributed by atoms with Crippen LogP contribution in [0.25, 0.3) is 11.1 Å². The summed E-state index contributed by atoms with van der Waals surface area (Å²) < 4.78 is 0. The normalized spacial score (nSPS) is 10.5. The molecule has 2 aromatic rings. The Morgan fingerprint density at radius 3 is 1.23 bits per heavy atom. The first-order valence-corrected chi connectivity index (χ1v) is 6.36. The molecule has 0 amide bonds. The topological polar surface area (TPSA) is 115 Å². The van der Waals surface area contributed by atoms with E-state index in [2.05, 4.69) is 0 Å². The van der Waals surface area contributed by atoms with Gasteiger partial charge in [-0.25, -0.2) is 0 Å². The van der Waals surface area contributed by atoms with E-state index in [9.17, 15) is 30.0 Å². The highest BCUT2D eigenvalue weighted by molar-refractivity contribution is 6.01. The van der Waals surface area contributed by atoms with Crippen LogP contribution in [0, 0.1) is 0 Å². The van der Waals surface area contributed by atoms with Gasteiger partial charge in [0, 0.05) is 23.3 Å². The van der Waals surface area contributed by atoms with Crippen LogP contribution in [0.2, 0.25) is 0 Å². The van der Waals surface area contributed by atoms with Crippen LogP contribution < -0.4 is 0 Å². The molecule has 6 nitrogen and oxygen atoms in total. The highest BCUT2D eigenvalue weighted by Gasteiger charge is 2.19. The Labute approximate surface area is 125 Å². The molecule has 0 bridgehead atoms. The second-order valence-corrected chi connectivity index (χ2v) is 4.89. The predicted molar refractivity (Wildman–Crippen MR) is 78.5 cm³/mol. The number of Topliss-reactive ketones (excluding diaryl/α,β-unsaturated/α-hetero) is 2. The molecule has 0 saturated carbocycles. The number of ketones is 2. The Hall–Kier alpha value is -3.02. The summed E-state index contributed by atoms with van der Waals surface area (Å²) in [6, 6.07) is 4.38. The third-order valence-electron chi connectivity index (χ3n) is 3.28. The summed E-state index contributed by atoms with van der Waals surface area (Å²) in [4.78, 5) is 23.0. The largest absolute Gasteiger partial charge is 0.507 e. The summed E-state index contributed by atoms with van der Waals surface area (Å²) in [7, 11) is 0. The van der Waals surface area contributed by atoms with E-state index >= 15 is 0 Å². The van der Waals surface area contributed by atoms with Crippen molar-refractivity contribution in [3.63, 3.8) is 0 Å². The fourth-order valence-electron chi connectivity index (χ4n) is 2.15. The maximum atomic E-state index is 11.5. The molecule has 22 heavy (non-hydrogen) atoms. The van der Waals surface area contributed by atoms with Gasteiger partial charge in [0.1, 0.15) is 23.0 Å². The van der Waals surface area contributed by atoms with Crippen LogP contribution in [0.4, 0.5) is 0 Å². The van der Waals surface area contributed by atoms with Crippen LogP contribution in [0.5, 0.6) is 23.0 Å². The van der Waals surface area contributed by atoms with Crippen molar-refractivity contribution in [3.05, 3.63) is 35.4 Å². The first-order chi connectivity index (χ1) is 10.2. The molecule has 0 unspecified atom stereocenters. The van der Waals surface area contributed by atoms with Crippen LogP contribution in [-0.4, -0.2) is 32.0 Å². The molecule has 2 aromatic carbocycles. The van der Waals surface area contributed by atoms with Gasteiger partial charge >= 0.3 is 0 Å². The Morgan fingerprint density at radius 1 is 0.636 bits per heavy atom. The van der Waals surface area contributed by atoms with E-state index in [0.29, 0.717) is 0 Å². The molecule has 0 fully saturated rings. The Bertz CT molecular complexity index is 724. The van der Waals surface area contributed by atoms with Gasteiger partial charge in [0.05, 0.1) is 11.1 Å². The number of benzene rings is 2. The van der Waals surface area contributed by atoms with Gasteiger partial charge in [-0.15, -0.1) is 0 Å². The highest BCUT2D eigenvalue weighted by Crippen LogP contribution is 2.41. The average molecular weight is 302 g/mol. The average Bonchev–Trinajstić information content (AvgIpc) is 2.39. The zero-order valence-electron chi connectivity index (χ0n) is 11.9. The van der Waals surface area contributed by atoms with Crippen molar-refractivity contribution in [2.75, 3.05) is 0 Å². The van der Waals surface area contributed by atoms with Gasteiger partial charge in [-0.3, -0.25) is 9.59 Å². The second kappa shape index (κ2) is 5.40. The lowest BCUT2D eigenvalue weighted by molar-refractivity contribution is 0.100. The monoisotopic (exact) mass is 302 g/mol. The summed E-state index contributed by atoms with van der Waals surface area (Å²) in [5.41, 5.74) is 0.0419. The van der Waals surface area contributed by atoms with Crippen LogP contribution in [-0.2, 0) is 0 Å². The fraction of sp³-hybridized carbons (Fsp3) is 0.125. The van der Waals surface area contributed by atoms with Gasteiger partial charge in [-0.05, 0) is 26.0 Å². The molecule has 0 aliphatic carbocycles. The van der Waals surface area contributed by atoms with E-state index in [4.69, 9.17) is 0 Å². The maximum Gasteiger partial charge on any atom is 0.163 e. The number of phenolic OH excluding ortho intramolecular Hbond substituents is 4. The molecule has 4 N–H and O–H groups in total. The van der Waals surface area contributed by atoms with E-state index in [0.717, 1.165) is 12.1 Å². The van der Waals surface area contributed by atoms with Crippen LogP contribution in [0.3, 0.4) is 0 Å². The third kappa shape index (κ3) is 2.58. The fourth-order valence-corrected chi connectivity index (χ4v) is 2.15. The zero-order chi connectivity index (χ0) is 16.6. The number of carbonyl (C=O) groups is 2. The summed E-state index contributed by atoms with van der Waals surface area (Å²) in [5.74, 6) is -2.39. The number of aromatic hydroxyl groups is 4. The summed E-state index contributed by atoms with van der Waals surface area (Å²) in [6.07, 6.45) is 0. The second-order valence-electron chi connectivity index (χ2n) is 4.89. The summed E-state index contributed by atoms with van der Waals surface area (Å²) >= 11 is 0. The molecule has 0 atom stereocenters. The molecule has 6 heteroatoms. The van der Waals surface area contributed by atoms with Crippen molar-refractivity contribution >= 4 is 11.6 Å².